The van der Waals surface area contributed by atoms with Crippen molar-refractivity contribution in [3.05, 3.63) is 64.1 Å². The number of benzene rings is 2. The molecule has 0 bridgehead atoms. The number of hydrogen-bond donors (Lipinski definition) is 1. The van der Waals surface area contributed by atoms with Gasteiger partial charge in [-0.15, -0.1) is 0 Å². The number of carbonyl (C=O) groups excluding carboxylic acids is 1. The van der Waals surface area contributed by atoms with Crippen molar-refractivity contribution in [2.45, 2.75) is 19.3 Å². The summed E-state index contributed by atoms with van der Waals surface area (Å²) in [6, 6.07) is 10.1. The highest BCUT2D eigenvalue weighted by Gasteiger charge is 2.21. The minimum atomic E-state index is -3.69. The Morgan fingerprint density at radius 2 is 1.82 bits per heavy atom. The van der Waals surface area contributed by atoms with Gasteiger partial charge in [-0.1, -0.05) is 28.1 Å². The molecule has 1 amide bonds. The van der Waals surface area contributed by atoms with Crippen molar-refractivity contribution in [3.63, 3.8) is 0 Å². The molecule has 0 aliphatic heterocycles. The van der Waals surface area contributed by atoms with Gasteiger partial charge in [-0.3, -0.25) is 9.10 Å². The van der Waals surface area contributed by atoms with E-state index >= 15 is 0 Å². The Labute approximate surface area is 171 Å². The van der Waals surface area contributed by atoms with E-state index in [4.69, 9.17) is 0 Å². The highest BCUT2D eigenvalue weighted by molar-refractivity contribution is 9.10. The molecule has 2 aromatic carbocycles. The molecule has 0 saturated carbocycles. The maximum atomic E-state index is 14.1. The fraction of sp³-hybridized carbons (Fsp3) is 0.316. The van der Waals surface area contributed by atoms with Crippen molar-refractivity contribution in [2.75, 3.05) is 23.7 Å². The molecule has 28 heavy (non-hydrogen) atoms. The van der Waals surface area contributed by atoms with Crippen LogP contribution in [-0.2, 0) is 21.2 Å². The number of halogens is 3. The van der Waals surface area contributed by atoms with Gasteiger partial charge in [-0.05, 0) is 48.7 Å². The molecule has 0 aromatic heterocycles. The predicted molar refractivity (Wildman–Crippen MR) is 109 cm³/mol. The monoisotopic (exact) mass is 474 g/mol. The molecule has 0 aliphatic carbocycles. The van der Waals surface area contributed by atoms with Crippen LogP contribution in [0.2, 0.25) is 0 Å². The minimum Gasteiger partial charge on any atom is -0.356 e. The first kappa shape index (κ1) is 22.3. The second-order valence-corrected chi connectivity index (χ2v) is 9.08. The molecular formula is C19H21BrF2N2O3S. The normalized spacial score (nSPS) is 11.3. The van der Waals surface area contributed by atoms with E-state index in [1.54, 1.807) is 18.2 Å². The minimum absolute atomic E-state index is 0.0111. The summed E-state index contributed by atoms with van der Waals surface area (Å²) in [5, 5.41) is 2.74. The average molecular weight is 475 g/mol. The highest BCUT2D eigenvalue weighted by atomic mass is 79.9. The van der Waals surface area contributed by atoms with E-state index in [-0.39, 0.29) is 36.8 Å². The Morgan fingerprint density at radius 3 is 2.43 bits per heavy atom. The SMILES string of the molecule is CS(=O)(=O)N(CCCC(=O)NCCc1ccc(F)cc1)c1ccc(Br)cc1F. The van der Waals surface area contributed by atoms with E-state index in [2.05, 4.69) is 21.2 Å². The Balaban J connectivity index is 1.84. The summed E-state index contributed by atoms with van der Waals surface area (Å²) in [7, 11) is -3.69. The third kappa shape index (κ3) is 6.87. The first-order valence-corrected chi connectivity index (χ1v) is 11.2. The Kier molecular flexibility index (Phi) is 7.94. The van der Waals surface area contributed by atoms with Crippen LogP contribution >= 0.6 is 15.9 Å². The van der Waals surface area contributed by atoms with Gasteiger partial charge in [0.15, 0.2) is 0 Å². The van der Waals surface area contributed by atoms with Crippen LogP contribution in [0.4, 0.5) is 14.5 Å². The molecule has 1 N–H and O–H groups in total. The van der Waals surface area contributed by atoms with Gasteiger partial charge in [0.25, 0.3) is 0 Å². The molecule has 0 unspecified atom stereocenters. The quantitative estimate of drug-likeness (QED) is 0.603. The number of sulfonamides is 1. The van der Waals surface area contributed by atoms with E-state index in [0.29, 0.717) is 17.4 Å². The zero-order valence-electron chi connectivity index (χ0n) is 15.3. The Morgan fingerprint density at radius 1 is 1.14 bits per heavy atom. The summed E-state index contributed by atoms with van der Waals surface area (Å²) in [4.78, 5) is 11.9. The van der Waals surface area contributed by atoms with Gasteiger partial charge in [0.1, 0.15) is 11.6 Å². The van der Waals surface area contributed by atoms with Gasteiger partial charge in [0.05, 0.1) is 11.9 Å². The first-order valence-electron chi connectivity index (χ1n) is 8.61. The van der Waals surface area contributed by atoms with E-state index in [1.165, 1.54) is 24.3 Å². The van der Waals surface area contributed by atoms with E-state index in [9.17, 15) is 22.0 Å². The lowest BCUT2D eigenvalue weighted by Crippen LogP contribution is -2.33. The van der Waals surface area contributed by atoms with Crippen LogP contribution in [0.15, 0.2) is 46.9 Å². The number of nitrogens with zero attached hydrogens (tertiary/aromatic N) is 1. The lowest BCUT2D eigenvalue weighted by molar-refractivity contribution is -0.121. The van der Waals surface area contributed by atoms with Crippen molar-refractivity contribution in [1.82, 2.24) is 5.32 Å². The van der Waals surface area contributed by atoms with Crippen LogP contribution in [-0.4, -0.2) is 33.7 Å². The van der Waals surface area contributed by atoms with Crippen LogP contribution in [0.5, 0.6) is 0 Å². The summed E-state index contributed by atoms with van der Waals surface area (Å²) in [6.07, 6.45) is 1.90. The topological polar surface area (TPSA) is 66.5 Å². The molecular weight excluding hydrogens is 454 g/mol. The van der Waals surface area contributed by atoms with E-state index < -0.39 is 15.8 Å². The molecule has 0 saturated heterocycles. The average Bonchev–Trinajstić information content (AvgIpc) is 2.60. The molecule has 9 heteroatoms. The summed E-state index contributed by atoms with van der Waals surface area (Å²) in [5.41, 5.74) is 0.845. The van der Waals surface area contributed by atoms with Crippen LogP contribution in [0.1, 0.15) is 18.4 Å². The highest BCUT2D eigenvalue weighted by Crippen LogP contribution is 2.25. The van der Waals surface area contributed by atoms with Gasteiger partial charge in [-0.25, -0.2) is 17.2 Å². The van der Waals surface area contributed by atoms with Gasteiger partial charge in [-0.2, -0.15) is 0 Å². The number of carbonyl (C=O) groups is 1. The third-order valence-corrected chi connectivity index (χ3v) is 5.67. The molecule has 2 rings (SSSR count). The molecule has 0 radical (unpaired) electrons. The molecule has 0 fully saturated rings. The molecule has 2 aromatic rings. The number of nitrogens with one attached hydrogen (secondary N) is 1. The van der Waals surface area contributed by atoms with E-state index in [1.807, 2.05) is 0 Å². The third-order valence-electron chi connectivity index (χ3n) is 3.99. The molecule has 0 atom stereocenters. The van der Waals surface area contributed by atoms with Gasteiger partial charge in [0, 0.05) is 24.0 Å². The zero-order chi connectivity index (χ0) is 20.7. The maximum absolute atomic E-state index is 14.1. The van der Waals surface area contributed by atoms with Crippen molar-refractivity contribution in [2.24, 2.45) is 0 Å². The fourth-order valence-electron chi connectivity index (χ4n) is 2.62. The Hall–Kier alpha value is -2.00. The number of hydrogen-bond acceptors (Lipinski definition) is 3. The first-order chi connectivity index (χ1) is 13.2. The second-order valence-electron chi connectivity index (χ2n) is 6.26. The lowest BCUT2D eigenvalue weighted by atomic mass is 10.1. The predicted octanol–water partition coefficient (Wildman–Crippen LogP) is 3.63. The molecule has 0 heterocycles. The maximum Gasteiger partial charge on any atom is 0.232 e. The van der Waals surface area contributed by atoms with Crippen LogP contribution in [0, 0.1) is 11.6 Å². The largest absolute Gasteiger partial charge is 0.356 e. The smallest absolute Gasteiger partial charge is 0.232 e. The summed E-state index contributed by atoms with van der Waals surface area (Å²) >= 11 is 3.13. The standard InChI is InChI=1S/C19H21BrF2N2O3S/c1-28(26,27)24(18-9-6-15(20)13-17(18)22)12-2-3-19(25)23-11-10-14-4-7-16(21)8-5-14/h4-9,13H,2-3,10-12H2,1H3,(H,23,25). The van der Waals surface area contributed by atoms with Gasteiger partial charge in [0.2, 0.25) is 15.9 Å². The van der Waals surface area contributed by atoms with Crippen molar-refractivity contribution in [3.8, 4) is 0 Å². The summed E-state index contributed by atoms with van der Waals surface area (Å²) in [6.45, 7) is 0.379. The van der Waals surface area contributed by atoms with Crippen LogP contribution in [0.25, 0.3) is 0 Å². The molecule has 0 aliphatic rings. The summed E-state index contributed by atoms with van der Waals surface area (Å²) < 4.78 is 52.5. The molecule has 0 spiro atoms. The number of anilines is 1. The van der Waals surface area contributed by atoms with Gasteiger partial charge >= 0.3 is 0 Å². The van der Waals surface area contributed by atoms with Crippen LogP contribution < -0.4 is 9.62 Å². The van der Waals surface area contributed by atoms with Crippen molar-refractivity contribution < 1.29 is 22.0 Å². The molecule has 5 nitrogen and oxygen atoms in total. The number of amides is 1. The Bertz CT molecular complexity index is 921. The lowest BCUT2D eigenvalue weighted by Gasteiger charge is -2.23. The summed E-state index contributed by atoms with van der Waals surface area (Å²) in [5.74, 6) is -1.21. The number of rotatable bonds is 9. The molecule has 152 valence electrons. The zero-order valence-corrected chi connectivity index (χ0v) is 17.7. The van der Waals surface area contributed by atoms with Crippen LogP contribution in [0.3, 0.4) is 0 Å². The van der Waals surface area contributed by atoms with Crippen molar-refractivity contribution >= 4 is 37.5 Å². The van der Waals surface area contributed by atoms with Gasteiger partial charge < -0.3 is 5.32 Å². The van der Waals surface area contributed by atoms with Crippen molar-refractivity contribution in [1.29, 1.82) is 0 Å². The second kappa shape index (κ2) is 9.97. The van der Waals surface area contributed by atoms with E-state index in [0.717, 1.165) is 16.1 Å². The fourth-order valence-corrected chi connectivity index (χ4v) is 3.92.